The first-order valence-electron chi connectivity index (χ1n) is 5.50. The van der Waals surface area contributed by atoms with E-state index in [9.17, 15) is 9.90 Å². The molecule has 1 aliphatic rings. The fourth-order valence-electron chi connectivity index (χ4n) is 2.11. The zero-order valence-corrected chi connectivity index (χ0v) is 11.5. The molecule has 92 valence electrons. The summed E-state index contributed by atoms with van der Waals surface area (Å²) in [4.78, 5) is 14.0. The van der Waals surface area contributed by atoms with Gasteiger partial charge in [0.1, 0.15) is 0 Å². The molecule has 2 rings (SSSR count). The molecule has 0 aromatic heterocycles. The van der Waals surface area contributed by atoms with Gasteiger partial charge >= 0.3 is 0 Å². The lowest BCUT2D eigenvalue weighted by Gasteiger charge is -2.23. The topological polar surface area (TPSA) is 40.5 Å². The Morgan fingerprint density at radius 3 is 3.00 bits per heavy atom. The van der Waals surface area contributed by atoms with Crippen molar-refractivity contribution in [2.75, 3.05) is 13.2 Å². The van der Waals surface area contributed by atoms with E-state index >= 15 is 0 Å². The normalized spacial score (nSPS) is 19.7. The van der Waals surface area contributed by atoms with Crippen molar-refractivity contribution in [3.05, 3.63) is 33.3 Å². The van der Waals surface area contributed by atoms with E-state index in [1.165, 1.54) is 0 Å². The molecule has 5 heteroatoms. The number of hydrogen-bond donors (Lipinski definition) is 1. The van der Waals surface area contributed by atoms with Gasteiger partial charge in [-0.2, -0.15) is 0 Å². The van der Waals surface area contributed by atoms with Gasteiger partial charge in [0.05, 0.1) is 23.2 Å². The van der Waals surface area contributed by atoms with Crippen LogP contribution in [-0.4, -0.2) is 35.1 Å². The second-order valence-corrected chi connectivity index (χ2v) is 5.42. The van der Waals surface area contributed by atoms with Crippen LogP contribution in [0.1, 0.15) is 23.2 Å². The van der Waals surface area contributed by atoms with Gasteiger partial charge in [0, 0.05) is 11.0 Å². The molecule has 1 atom stereocenters. The van der Waals surface area contributed by atoms with Gasteiger partial charge in [-0.15, -0.1) is 0 Å². The van der Waals surface area contributed by atoms with Gasteiger partial charge in [0.15, 0.2) is 0 Å². The average molecular weight is 319 g/mol. The Bertz CT molecular complexity index is 439. The summed E-state index contributed by atoms with van der Waals surface area (Å²) in [6.07, 6.45) is 1.79. The molecule has 0 saturated carbocycles. The summed E-state index contributed by atoms with van der Waals surface area (Å²) in [7, 11) is 0. The fraction of sp³-hybridized carbons (Fsp3) is 0.417. The first kappa shape index (κ1) is 12.9. The van der Waals surface area contributed by atoms with E-state index < -0.39 is 0 Å². The molecule has 0 aliphatic carbocycles. The minimum Gasteiger partial charge on any atom is -0.394 e. The van der Waals surface area contributed by atoms with E-state index in [0.29, 0.717) is 17.1 Å². The predicted molar refractivity (Wildman–Crippen MR) is 70.3 cm³/mol. The molecule has 17 heavy (non-hydrogen) atoms. The zero-order valence-electron chi connectivity index (χ0n) is 9.20. The predicted octanol–water partition coefficient (Wildman–Crippen LogP) is 2.70. The second kappa shape index (κ2) is 5.38. The molecular formula is C12H13BrClNO2. The van der Waals surface area contributed by atoms with Gasteiger partial charge in [0.25, 0.3) is 5.91 Å². The van der Waals surface area contributed by atoms with E-state index in [1.807, 2.05) is 0 Å². The van der Waals surface area contributed by atoms with E-state index in [0.717, 1.165) is 17.3 Å². The molecule has 0 spiro atoms. The van der Waals surface area contributed by atoms with Gasteiger partial charge in [-0.1, -0.05) is 27.5 Å². The van der Waals surface area contributed by atoms with Crippen LogP contribution >= 0.6 is 27.5 Å². The second-order valence-electron chi connectivity index (χ2n) is 4.10. The molecule has 0 bridgehead atoms. The summed E-state index contributed by atoms with van der Waals surface area (Å²) in [5, 5.41) is 9.65. The maximum Gasteiger partial charge on any atom is 0.255 e. The molecule has 1 amide bonds. The van der Waals surface area contributed by atoms with E-state index in [1.54, 1.807) is 23.1 Å². The molecule has 0 radical (unpaired) electrons. The van der Waals surface area contributed by atoms with Gasteiger partial charge < -0.3 is 10.0 Å². The van der Waals surface area contributed by atoms with Crippen LogP contribution < -0.4 is 0 Å². The van der Waals surface area contributed by atoms with Crippen LogP contribution in [-0.2, 0) is 0 Å². The molecule has 1 saturated heterocycles. The highest BCUT2D eigenvalue weighted by atomic mass is 79.9. The number of aliphatic hydroxyl groups is 1. The minimum absolute atomic E-state index is 0.0138. The van der Waals surface area contributed by atoms with Crippen molar-refractivity contribution in [2.24, 2.45) is 0 Å². The van der Waals surface area contributed by atoms with Gasteiger partial charge in [-0.25, -0.2) is 0 Å². The number of carbonyl (C=O) groups excluding carboxylic acids is 1. The van der Waals surface area contributed by atoms with Crippen LogP contribution in [0.5, 0.6) is 0 Å². The molecule has 1 N–H and O–H groups in total. The van der Waals surface area contributed by atoms with Gasteiger partial charge in [0.2, 0.25) is 0 Å². The molecule has 1 aromatic carbocycles. The lowest BCUT2D eigenvalue weighted by molar-refractivity contribution is 0.0678. The number of amides is 1. The Labute approximate surface area is 114 Å². The Morgan fingerprint density at radius 1 is 1.59 bits per heavy atom. The van der Waals surface area contributed by atoms with E-state index in [-0.39, 0.29) is 18.6 Å². The number of nitrogens with zero attached hydrogens (tertiary/aromatic N) is 1. The third-order valence-electron chi connectivity index (χ3n) is 3.01. The van der Waals surface area contributed by atoms with E-state index in [4.69, 9.17) is 11.6 Å². The number of aliphatic hydroxyl groups excluding tert-OH is 1. The number of halogens is 2. The van der Waals surface area contributed by atoms with Crippen LogP contribution in [0.25, 0.3) is 0 Å². The molecule has 0 unspecified atom stereocenters. The summed E-state index contributed by atoms with van der Waals surface area (Å²) in [6, 6.07) is 5.14. The Kier molecular flexibility index (Phi) is 4.07. The summed E-state index contributed by atoms with van der Waals surface area (Å²) < 4.78 is 0.846. The first-order chi connectivity index (χ1) is 8.13. The van der Waals surface area contributed by atoms with Crippen molar-refractivity contribution < 1.29 is 9.90 Å². The summed E-state index contributed by atoms with van der Waals surface area (Å²) in [5.41, 5.74) is 0.496. The summed E-state index contributed by atoms with van der Waals surface area (Å²) >= 11 is 9.36. The van der Waals surface area contributed by atoms with Crippen molar-refractivity contribution in [3.63, 3.8) is 0 Å². The van der Waals surface area contributed by atoms with Crippen molar-refractivity contribution in [1.29, 1.82) is 0 Å². The first-order valence-corrected chi connectivity index (χ1v) is 6.67. The van der Waals surface area contributed by atoms with Gasteiger partial charge in [-0.3, -0.25) is 4.79 Å². The minimum atomic E-state index is -0.0981. The monoisotopic (exact) mass is 317 g/mol. The Morgan fingerprint density at radius 2 is 2.35 bits per heavy atom. The number of likely N-dealkylation sites (tertiary alicyclic amines) is 1. The smallest absolute Gasteiger partial charge is 0.255 e. The number of hydrogen-bond acceptors (Lipinski definition) is 2. The van der Waals surface area contributed by atoms with Crippen LogP contribution in [0, 0.1) is 0 Å². The number of rotatable bonds is 2. The average Bonchev–Trinajstić information content (AvgIpc) is 2.76. The van der Waals surface area contributed by atoms with Crippen molar-refractivity contribution in [1.82, 2.24) is 4.90 Å². The Hall–Kier alpha value is -0.580. The largest absolute Gasteiger partial charge is 0.394 e. The van der Waals surface area contributed by atoms with E-state index in [2.05, 4.69) is 15.9 Å². The van der Waals surface area contributed by atoms with Crippen LogP contribution in [0.3, 0.4) is 0 Å². The fourth-order valence-corrected chi connectivity index (χ4v) is 2.86. The molecule has 1 aliphatic heterocycles. The molecular weight excluding hydrogens is 305 g/mol. The quantitative estimate of drug-likeness (QED) is 0.911. The Balaban J connectivity index is 2.24. The highest BCUT2D eigenvalue weighted by Gasteiger charge is 2.29. The third kappa shape index (κ3) is 2.64. The molecule has 1 heterocycles. The van der Waals surface area contributed by atoms with Gasteiger partial charge in [-0.05, 0) is 31.0 Å². The standard InChI is InChI=1S/C12H13BrClNO2/c13-8-3-4-10(11(14)6-8)12(17)15-5-1-2-9(15)7-16/h3-4,6,9,16H,1-2,5,7H2/t9-/m1/s1. The maximum absolute atomic E-state index is 12.3. The van der Waals surface area contributed by atoms with Crippen LogP contribution in [0.15, 0.2) is 22.7 Å². The number of carbonyl (C=O) groups is 1. The highest BCUT2D eigenvalue weighted by Crippen LogP contribution is 2.26. The van der Waals surface area contributed by atoms with Crippen LogP contribution in [0.2, 0.25) is 5.02 Å². The lowest BCUT2D eigenvalue weighted by atomic mass is 10.1. The molecule has 1 fully saturated rings. The SMILES string of the molecule is O=C(c1ccc(Br)cc1Cl)N1CCC[C@@H]1CO. The van der Waals surface area contributed by atoms with Crippen molar-refractivity contribution in [2.45, 2.75) is 18.9 Å². The number of benzene rings is 1. The van der Waals surface area contributed by atoms with Crippen molar-refractivity contribution in [3.8, 4) is 0 Å². The summed E-state index contributed by atoms with van der Waals surface area (Å²) in [6.45, 7) is 0.705. The highest BCUT2D eigenvalue weighted by molar-refractivity contribution is 9.10. The molecule has 3 nitrogen and oxygen atoms in total. The third-order valence-corrected chi connectivity index (χ3v) is 3.82. The van der Waals surface area contributed by atoms with Crippen LogP contribution in [0.4, 0.5) is 0 Å². The van der Waals surface area contributed by atoms with Crippen molar-refractivity contribution >= 4 is 33.4 Å². The molecule has 1 aromatic rings. The zero-order chi connectivity index (χ0) is 12.4. The summed E-state index contributed by atoms with van der Waals surface area (Å²) in [5.74, 6) is -0.0981. The maximum atomic E-state index is 12.3. The lowest BCUT2D eigenvalue weighted by Crippen LogP contribution is -2.37.